The van der Waals surface area contributed by atoms with Crippen LogP contribution < -0.4 is 15.2 Å². The number of methoxy groups -OCH3 is 2. The van der Waals surface area contributed by atoms with Crippen molar-refractivity contribution >= 4 is 0 Å². The summed E-state index contributed by atoms with van der Waals surface area (Å²) >= 11 is 0. The van der Waals surface area contributed by atoms with Crippen LogP contribution in [0, 0.1) is 6.92 Å². The molecule has 0 aliphatic rings. The molecular weight excluding hydrogens is 240 g/mol. The zero-order valence-corrected chi connectivity index (χ0v) is 11.4. The number of benzene rings is 1. The standard InChI is InChI=1S/C15H18N2O2/c1-10-6-11(9-17-8-10)15(16)13-7-12(18-2)4-5-14(13)19-3/h4-9,15H,16H2,1-3H3. The number of ether oxygens (including phenoxy) is 2. The van der Waals surface area contributed by atoms with Gasteiger partial charge in [-0.25, -0.2) is 0 Å². The molecule has 0 aliphatic carbocycles. The third-order valence-corrected chi connectivity index (χ3v) is 3.03. The molecule has 0 bridgehead atoms. The van der Waals surface area contributed by atoms with Gasteiger partial charge in [0.2, 0.25) is 0 Å². The molecule has 1 atom stereocenters. The number of pyridine rings is 1. The van der Waals surface area contributed by atoms with Gasteiger partial charge in [-0.05, 0) is 36.2 Å². The van der Waals surface area contributed by atoms with E-state index in [1.54, 1.807) is 26.6 Å². The first kappa shape index (κ1) is 13.4. The van der Waals surface area contributed by atoms with Crippen LogP contribution in [0.5, 0.6) is 11.5 Å². The van der Waals surface area contributed by atoms with Gasteiger partial charge >= 0.3 is 0 Å². The monoisotopic (exact) mass is 258 g/mol. The van der Waals surface area contributed by atoms with E-state index >= 15 is 0 Å². The molecule has 1 aromatic heterocycles. The van der Waals surface area contributed by atoms with Gasteiger partial charge in [0.25, 0.3) is 0 Å². The van der Waals surface area contributed by atoms with Gasteiger partial charge in [0.05, 0.1) is 20.3 Å². The lowest BCUT2D eigenvalue weighted by molar-refractivity contribution is 0.397. The van der Waals surface area contributed by atoms with Gasteiger partial charge in [-0.2, -0.15) is 0 Å². The highest BCUT2D eigenvalue weighted by Crippen LogP contribution is 2.31. The van der Waals surface area contributed by atoms with Crippen LogP contribution in [0.1, 0.15) is 22.7 Å². The Labute approximate surface area is 113 Å². The van der Waals surface area contributed by atoms with Crippen molar-refractivity contribution in [2.75, 3.05) is 14.2 Å². The molecule has 0 fully saturated rings. The van der Waals surface area contributed by atoms with Crippen molar-refractivity contribution in [2.24, 2.45) is 5.73 Å². The molecular formula is C15H18N2O2. The molecule has 1 heterocycles. The second kappa shape index (κ2) is 5.71. The predicted molar refractivity (Wildman–Crippen MR) is 74.6 cm³/mol. The molecule has 0 saturated heterocycles. The summed E-state index contributed by atoms with van der Waals surface area (Å²) in [7, 11) is 3.26. The van der Waals surface area contributed by atoms with Crippen molar-refractivity contribution in [2.45, 2.75) is 13.0 Å². The van der Waals surface area contributed by atoms with Gasteiger partial charge < -0.3 is 15.2 Å². The molecule has 0 aliphatic heterocycles. The number of nitrogens with zero attached hydrogens (tertiary/aromatic N) is 1. The molecule has 1 unspecified atom stereocenters. The maximum absolute atomic E-state index is 6.31. The van der Waals surface area contributed by atoms with E-state index in [1.807, 2.05) is 31.2 Å². The molecule has 1 aromatic carbocycles. The highest BCUT2D eigenvalue weighted by molar-refractivity contribution is 5.45. The highest BCUT2D eigenvalue weighted by atomic mass is 16.5. The van der Waals surface area contributed by atoms with Crippen molar-refractivity contribution in [3.63, 3.8) is 0 Å². The Morgan fingerprint density at radius 1 is 1.11 bits per heavy atom. The van der Waals surface area contributed by atoms with E-state index in [4.69, 9.17) is 15.2 Å². The first-order valence-corrected chi connectivity index (χ1v) is 6.04. The van der Waals surface area contributed by atoms with Crippen molar-refractivity contribution in [1.82, 2.24) is 4.98 Å². The zero-order valence-electron chi connectivity index (χ0n) is 11.4. The lowest BCUT2D eigenvalue weighted by Gasteiger charge is -2.17. The van der Waals surface area contributed by atoms with E-state index in [9.17, 15) is 0 Å². The van der Waals surface area contributed by atoms with Gasteiger partial charge in [0, 0.05) is 18.0 Å². The Bertz CT molecular complexity index is 570. The third kappa shape index (κ3) is 2.85. The van der Waals surface area contributed by atoms with Gasteiger partial charge in [-0.15, -0.1) is 0 Å². The lowest BCUT2D eigenvalue weighted by Crippen LogP contribution is -2.13. The SMILES string of the molecule is COc1ccc(OC)c(C(N)c2cncc(C)c2)c1. The van der Waals surface area contributed by atoms with Crippen LogP contribution in [-0.4, -0.2) is 19.2 Å². The van der Waals surface area contributed by atoms with E-state index < -0.39 is 0 Å². The van der Waals surface area contributed by atoms with Crippen LogP contribution in [0.2, 0.25) is 0 Å². The summed E-state index contributed by atoms with van der Waals surface area (Å²) in [5.41, 5.74) is 9.22. The number of rotatable bonds is 4. The predicted octanol–water partition coefficient (Wildman–Crippen LogP) is 2.46. The first-order valence-electron chi connectivity index (χ1n) is 6.04. The molecule has 4 heteroatoms. The Hall–Kier alpha value is -2.07. The lowest BCUT2D eigenvalue weighted by atomic mass is 9.99. The summed E-state index contributed by atoms with van der Waals surface area (Å²) in [6.07, 6.45) is 3.58. The second-order valence-corrected chi connectivity index (χ2v) is 4.38. The van der Waals surface area contributed by atoms with E-state index in [1.165, 1.54) is 0 Å². The van der Waals surface area contributed by atoms with E-state index in [2.05, 4.69) is 4.98 Å². The number of aryl methyl sites for hydroxylation is 1. The van der Waals surface area contributed by atoms with Gasteiger partial charge in [0.1, 0.15) is 11.5 Å². The number of hydrogen-bond acceptors (Lipinski definition) is 4. The second-order valence-electron chi connectivity index (χ2n) is 4.38. The number of aromatic nitrogens is 1. The van der Waals surface area contributed by atoms with E-state index in [-0.39, 0.29) is 6.04 Å². The van der Waals surface area contributed by atoms with Crippen LogP contribution in [0.15, 0.2) is 36.7 Å². The summed E-state index contributed by atoms with van der Waals surface area (Å²) < 4.78 is 10.6. The van der Waals surface area contributed by atoms with E-state index in [0.29, 0.717) is 0 Å². The van der Waals surface area contributed by atoms with Crippen LogP contribution in [-0.2, 0) is 0 Å². The maximum Gasteiger partial charge on any atom is 0.124 e. The fourth-order valence-corrected chi connectivity index (χ4v) is 2.01. The van der Waals surface area contributed by atoms with Crippen LogP contribution in [0.4, 0.5) is 0 Å². The molecule has 0 amide bonds. The quantitative estimate of drug-likeness (QED) is 0.915. The Morgan fingerprint density at radius 2 is 1.89 bits per heavy atom. The topological polar surface area (TPSA) is 57.4 Å². The van der Waals surface area contributed by atoms with Crippen LogP contribution in [0.25, 0.3) is 0 Å². The Kier molecular flexibility index (Phi) is 4.02. The summed E-state index contributed by atoms with van der Waals surface area (Å²) in [5.74, 6) is 1.50. The number of hydrogen-bond donors (Lipinski definition) is 1. The molecule has 4 nitrogen and oxygen atoms in total. The average Bonchev–Trinajstić information content (AvgIpc) is 2.45. The molecule has 0 spiro atoms. The molecule has 2 N–H and O–H groups in total. The van der Waals surface area contributed by atoms with Crippen molar-refractivity contribution in [1.29, 1.82) is 0 Å². The Morgan fingerprint density at radius 3 is 2.53 bits per heavy atom. The fourth-order valence-electron chi connectivity index (χ4n) is 2.01. The fraction of sp³-hybridized carbons (Fsp3) is 0.267. The van der Waals surface area contributed by atoms with Crippen molar-refractivity contribution in [3.8, 4) is 11.5 Å². The summed E-state index contributed by atoms with van der Waals surface area (Å²) in [4.78, 5) is 4.18. The first-order chi connectivity index (χ1) is 9.15. The molecule has 2 rings (SSSR count). The summed E-state index contributed by atoms with van der Waals surface area (Å²) in [6, 6.07) is 7.33. The smallest absolute Gasteiger partial charge is 0.124 e. The van der Waals surface area contributed by atoms with Gasteiger partial charge in [-0.3, -0.25) is 4.98 Å². The normalized spacial score (nSPS) is 12.0. The van der Waals surface area contributed by atoms with Crippen LogP contribution >= 0.6 is 0 Å². The largest absolute Gasteiger partial charge is 0.497 e. The van der Waals surface area contributed by atoms with Crippen molar-refractivity contribution in [3.05, 3.63) is 53.3 Å². The molecule has 0 saturated carbocycles. The molecule has 0 radical (unpaired) electrons. The number of nitrogens with two attached hydrogens (primary N) is 1. The minimum atomic E-state index is -0.294. The Balaban J connectivity index is 2.44. The highest BCUT2D eigenvalue weighted by Gasteiger charge is 2.15. The van der Waals surface area contributed by atoms with Gasteiger partial charge in [0.15, 0.2) is 0 Å². The van der Waals surface area contributed by atoms with Crippen LogP contribution in [0.3, 0.4) is 0 Å². The van der Waals surface area contributed by atoms with E-state index in [0.717, 1.165) is 28.2 Å². The zero-order chi connectivity index (χ0) is 13.8. The molecule has 100 valence electrons. The molecule has 2 aromatic rings. The minimum absolute atomic E-state index is 0.294. The van der Waals surface area contributed by atoms with Crippen molar-refractivity contribution < 1.29 is 9.47 Å². The average molecular weight is 258 g/mol. The minimum Gasteiger partial charge on any atom is -0.497 e. The third-order valence-electron chi connectivity index (χ3n) is 3.03. The molecule has 19 heavy (non-hydrogen) atoms. The van der Waals surface area contributed by atoms with Gasteiger partial charge in [-0.1, -0.05) is 6.07 Å². The summed E-state index contributed by atoms with van der Waals surface area (Å²) in [6.45, 7) is 1.99. The summed E-state index contributed by atoms with van der Waals surface area (Å²) in [5, 5.41) is 0. The maximum atomic E-state index is 6.31.